The Kier molecular flexibility index (Phi) is 6.13. The van der Waals surface area contributed by atoms with Crippen molar-refractivity contribution in [1.29, 1.82) is 0 Å². The summed E-state index contributed by atoms with van der Waals surface area (Å²) in [5, 5.41) is 5.86. The monoisotopic (exact) mass is 388 g/mol. The van der Waals surface area contributed by atoms with Crippen LogP contribution in [0.25, 0.3) is 0 Å². The zero-order valence-corrected chi connectivity index (χ0v) is 15.1. The van der Waals surface area contributed by atoms with Crippen LogP contribution in [0, 0.1) is 6.92 Å². The van der Waals surface area contributed by atoms with E-state index in [4.69, 9.17) is 28.6 Å². The number of anilines is 1. The van der Waals surface area contributed by atoms with Gasteiger partial charge in [-0.05, 0) is 60.6 Å². The summed E-state index contributed by atoms with van der Waals surface area (Å²) in [7, 11) is 1.58. The molecule has 134 valence electrons. The zero-order chi connectivity index (χ0) is 18.6. The quantitative estimate of drug-likeness (QED) is 0.708. The Morgan fingerprint density at radius 1 is 1.20 bits per heavy atom. The molecule has 0 atom stereocenters. The van der Waals surface area contributed by atoms with Crippen molar-refractivity contribution in [3.63, 3.8) is 0 Å². The standard InChI is InChI=1S/C17H16ClF3N2OS/c1-10-7-12(24-2)4-6-15(10)23-16(25)22-9-11-3-5-14(18)13(8-11)17(19,20)21/h3-8H,9H2,1-2H3,(H2,22,23,25). The van der Waals surface area contributed by atoms with Gasteiger partial charge in [0.05, 0.1) is 17.7 Å². The van der Waals surface area contributed by atoms with E-state index < -0.39 is 11.7 Å². The first-order valence-electron chi connectivity index (χ1n) is 7.26. The summed E-state index contributed by atoms with van der Waals surface area (Å²) in [6, 6.07) is 9.20. The van der Waals surface area contributed by atoms with Gasteiger partial charge in [-0.15, -0.1) is 0 Å². The highest BCUT2D eigenvalue weighted by atomic mass is 35.5. The Bertz CT molecular complexity index is 781. The van der Waals surface area contributed by atoms with Crippen molar-refractivity contribution >= 4 is 34.6 Å². The highest BCUT2D eigenvalue weighted by molar-refractivity contribution is 7.80. The van der Waals surface area contributed by atoms with E-state index in [1.807, 2.05) is 19.1 Å². The van der Waals surface area contributed by atoms with Crippen LogP contribution in [0.15, 0.2) is 36.4 Å². The maximum absolute atomic E-state index is 12.9. The van der Waals surface area contributed by atoms with Gasteiger partial charge >= 0.3 is 6.18 Å². The molecule has 2 aromatic carbocycles. The number of rotatable bonds is 4. The number of halogens is 4. The minimum Gasteiger partial charge on any atom is -0.497 e. The number of alkyl halides is 3. The molecule has 3 nitrogen and oxygen atoms in total. The third-order valence-corrected chi connectivity index (χ3v) is 4.05. The summed E-state index contributed by atoms with van der Waals surface area (Å²) >= 11 is 10.8. The van der Waals surface area contributed by atoms with Crippen molar-refractivity contribution in [3.05, 3.63) is 58.1 Å². The van der Waals surface area contributed by atoms with Gasteiger partial charge in [0.25, 0.3) is 0 Å². The van der Waals surface area contributed by atoms with Crippen LogP contribution >= 0.6 is 23.8 Å². The molecule has 0 unspecified atom stereocenters. The summed E-state index contributed by atoms with van der Waals surface area (Å²) in [6.45, 7) is 2.03. The van der Waals surface area contributed by atoms with E-state index in [1.54, 1.807) is 13.2 Å². The molecule has 0 aliphatic heterocycles. The van der Waals surface area contributed by atoms with Crippen molar-refractivity contribution in [3.8, 4) is 5.75 Å². The third kappa shape index (κ3) is 5.24. The SMILES string of the molecule is COc1ccc(NC(=S)NCc2ccc(Cl)c(C(F)(F)F)c2)c(C)c1. The average Bonchev–Trinajstić information content (AvgIpc) is 2.55. The molecule has 2 rings (SSSR count). The third-order valence-electron chi connectivity index (χ3n) is 3.47. The number of aryl methyl sites for hydroxylation is 1. The first-order chi connectivity index (χ1) is 11.7. The van der Waals surface area contributed by atoms with Gasteiger partial charge in [0, 0.05) is 12.2 Å². The molecule has 2 N–H and O–H groups in total. The molecule has 0 aromatic heterocycles. The Balaban J connectivity index is 2.01. The maximum Gasteiger partial charge on any atom is 0.417 e. The lowest BCUT2D eigenvalue weighted by Gasteiger charge is -2.14. The fourth-order valence-electron chi connectivity index (χ4n) is 2.15. The zero-order valence-electron chi connectivity index (χ0n) is 13.5. The van der Waals surface area contributed by atoms with Crippen molar-refractivity contribution < 1.29 is 17.9 Å². The van der Waals surface area contributed by atoms with E-state index in [1.165, 1.54) is 12.1 Å². The van der Waals surface area contributed by atoms with Crippen LogP contribution in [0.2, 0.25) is 5.02 Å². The number of hydrogen-bond donors (Lipinski definition) is 2. The van der Waals surface area contributed by atoms with Crippen LogP contribution in [-0.4, -0.2) is 12.2 Å². The second-order valence-electron chi connectivity index (χ2n) is 5.30. The highest BCUT2D eigenvalue weighted by Gasteiger charge is 2.33. The Morgan fingerprint density at radius 3 is 2.52 bits per heavy atom. The predicted octanol–water partition coefficient (Wildman–Crippen LogP) is 5.16. The Morgan fingerprint density at radius 2 is 1.92 bits per heavy atom. The topological polar surface area (TPSA) is 33.3 Å². The molecular weight excluding hydrogens is 373 g/mol. The van der Waals surface area contributed by atoms with E-state index >= 15 is 0 Å². The molecule has 0 saturated carbocycles. The Hall–Kier alpha value is -1.99. The summed E-state index contributed by atoms with van der Waals surface area (Å²) in [5.74, 6) is 0.725. The summed E-state index contributed by atoms with van der Waals surface area (Å²) in [5.41, 5.74) is 1.27. The van der Waals surface area contributed by atoms with E-state index in [-0.39, 0.29) is 11.6 Å². The molecule has 0 aliphatic rings. The van der Waals surface area contributed by atoms with Crippen LogP contribution in [-0.2, 0) is 12.7 Å². The molecule has 2 aromatic rings. The molecule has 0 spiro atoms. The van der Waals surface area contributed by atoms with Crippen LogP contribution in [0.1, 0.15) is 16.7 Å². The van der Waals surface area contributed by atoms with Crippen molar-refractivity contribution in [2.24, 2.45) is 0 Å². The smallest absolute Gasteiger partial charge is 0.417 e. The fourth-order valence-corrected chi connectivity index (χ4v) is 2.56. The van der Waals surface area contributed by atoms with Crippen molar-refractivity contribution in [2.75, 3.05) is 12.4 Å². The number of methoxy groups -OCH3 is 1. The van der Waals surface area contributed by atoms with E-state index in [0.29, 0.717) is 10.7 Å². The van der Waals surface area contributed by atoms with Crippen LogP contribution < -0.4 is 15.4 Å². The molecule has 0 radical (unpaired) electrons. The van der Waals surface area contributed by atoms with E-state index in [0.717, 1.165) is 23.1 Å². The lowest BCUT2D eigenvalue weighted by Crippen LogP contribution is -2.28. The minimum atomic E-state index is -4.49. The summed E-state index contributed by atoms with van der Waals surface area (Å²) in [6.07, 6.45) is -4.49. The first-order valence-corrected chi connectivity index (χ1v) is 8.04. The number of hydrogen-bond acceptors (Lipinski definition) is 2. The van der Waals surface area contributed by atoms with Gasteiger partial charge in [-0.1, -0.05) is 17.7 Å². The molecule has 0 heterocycles. The number of thiocarbonyl (C=S) groups is 1. The minimum absolute atomic E-state index is 0.140. The largest absolute Gasteiger partial charge is 0.497 e. The predicted molar refractivity (Wildman–Crippen MR) is 97.2 cm³/mol. The molecule has 0 saturated heterocycles. The van der Waals surface area contributed by atoms with Crippen LogP contribution in [0.5, 0.6) is 5.75 Å². The van der Waals surface area contributed by atoms with E-state index in [9.17, 15) is 13.2 Å². The first kappa shape index (κ1) is 19.3. The number of nitrogens with one attached hydrogen (secondary N) is 2. The van der Waals surface area contributed by atoms with Crippen molar-refractivity contribution in [2.45, 2.75) is 19.6 Å². The molecule has 25 heavy (non-hydrogen) atoms. The fraction of sp³-hybridized carbons (Fsp3) is 0.235. The average molecular weight is 389 g/mol. The maximum atomic E-state index is 12.9. The van der Waals surface area contributed by atoms with Gasteiger partial charge in [0.2, 0.25) is 0 Å². The second kappa shape index (κ2) is 7.93. The summed E-state index contributed by atoms with van der Waals surface area (Å²) < 4.78 is 43.7. The Labute approximate surface area is 154 Å². The van der Waals surface area contributed by atoms with Gasteiger partial charge in [-0.2, -0.15) is 13.2 Å². The highest BCUT2D eigenvalue weighted by Crippen LogP contribution is 2.35. The number of ether oxygens (including phenoxy) is 1. The van der Waals surface area contributed by atoms with Crippen molar-refractivity contribution in [1.82, 2.24) is 5.32 Å². The molecule has 0 aliphatic carbocycles. The summed E-state index contributed by atoms with van der Waals surface area (Å²) in [4.78, 5) is 0. The lowest BCUT2D eigenvalue weighted by atomic mass is 10.1. The lowest BCUT2D eigenvalue weighted by molar-refractivity contribution is -0.137. The van der Waals surface area contributed by atoms with Gasteiger partial charge in [-0.3, -0.25) is 0 Å². The molecular formula is C17H16ClF3N2OS. The van der Waals surface area contributed by atoms with Gasteiger partial charge in [-0.25, -0.2) is 0 Å². The van der Waals surface area contributed by atoms with E-state index in [2.05, 4.69) is 10.6 Å². The molecule has 0 amide bonds. The molecule has 8 heteroatoms. The van der Waals surface area contributed by atoms with Gasteiger partial charge in [0.15, 0.2) is 5.11 Å². The molecule has 0 fully saturated rings. The van der Waals surface area contributed by atoms with Crippen LogP contribution in [0.3, 0.4) is 0 Å². The second-order valence-corrected chi connectivity index (χ2v) is 6.12. The molecule has 0 bridgehead atoms. The normalized spacial score (nSPS) is 11.1. The van der Waals surface area contributed by atoms with Gasteiger partial charge in [0.1, 0.15) is 5.75 Å². The number of benzene rings is 2. The van der Waals surface area contributed by atoms with Crippen LogP contribution in [0.4, 0.5) is 18.9 Å². The van der Waals surface area contributed by atoms with Gasteiger partial charge < -0.3 is 15.4 Å².